The van der Waals surface area contributed by atoms with Crippen LogP contribution in [0.5, 0.6) is 0 Å². The van der Waals surface area contributed by atoms with Gasteiger partial charge in [-0.1, -0.05) is 42.1 Å². The van der Waals surface area contributed by atoms with Crippen molar-refractivity contribution >= 4 is 31.9 Å². The van der Waals surface area contributed by atoms with Crippen molar-refractivity contribution in [3.05, 3.63) is 28.0 Å². The molecule has 0 aliphatic heterocycles. The summed E-state index contributed by atoms with van der Waals surface area (Å²) >= 11 is 3.02. The minimum absolute atomic E-state index is 0.162. The van der Waals surface area contributed by atoms with E-state index in [-0.39, 0.29) is 11.1 Å². The normalized spacial score (nSPS) is 11.4. The molecule has 0 atom stereocenters. The van der Waals surface area contributed by atoms with Crippen LogP contribution in [0.3, 0.4) is 0 Å². The van der Waals surface area contributed by atoms with Crippen molar-refractivity contribution in [3.63, 3.8) is 0 Å². The number of rotatable bonds is 7. The molecule has 1 aromatic carbocycles. The first-order valence-electron chi connectivity index (χ1n) is 6.46. The lowest BCUT2D eigenvalue weighted by Gasteiger charge is -2.08. The van der Waals surface area contributed by atoms with Gasteiger partial charge >= 0.3 is 5.97 Å². The molecule has 0 bridgehead atoms. The Hall–Kier alpha value is -0.990. The van der Waals surface area contributed by atoms with E-state index >= 15 is 0 Å². The van der Waals surface area contributed by atoms with Gasteiger partial charge < -0.3 is 4.74 Å². The molecule has 0 unspecified atom stereocenters. The third-order valence-electron chi connectivity index (χ3n) is 2.76. The molecule has 21 heavy (non-hydrogen) atoms. The van der Waals surface area contributed by atoms with E-state index in [1.54, 1.807) is 0 Å². The van der Waals surface area contributed by atoms with E-state index in [1.807, 2.05) is 0 Å². The van der Waals surface area contributed by atoms with Crippen molar-refractivity contribution in [2.45, 2.75) is 37.5 Å². The number of carbonyl (C=O) groups is 1. The van der Waals surface area contributed by atoms with Gasteiger partial charge in [0.05, 0.1) is 12.2 Å². The predicted octanol–water partition coefficient (Wildman–Crippen LogP) is 2.97. The summed E-state index contributed by atoms with van der Waals surface area (Å²) in [6.07, 6.45) is 3.66. The molecule has 0 radical (unpaired) electrons. The Morgan fingerprint density at radius 3 is 2.57 bits per heavy atom. The molecule has 0 fully saturated rings. The predicted molar refractivity (Wildman–Crippen MR) is 79.9 cm³/mol. The van der Waals surface area contributed by atoms with Gasteiger partial charge in [0, 0.05) is 4.47 Å². The maximum atomic E-state index is 14.0. The third kappa shape index (κ3) is 5.37. The van der Waals surface area contributed by atoms with E-state index in [4.69, 9.17) is 9.88 Å². The third-order valence-corrected chi connectivity index (χ3v) is 4.13. The summed E-state index contributed by atoms with van der Waals surface area (Å²) in [6, 6.07) is 2.17. The van der Waals surface area contributed by atoms with Crippen LogP contribution in [0.2, 0.25) is 0 Å². The van der Waals surface area contributed by atoms with E-state index in [0.717, 1.165) is 25.3 Å². The van der Waals surface area contributed by atoms with Crippen LogP contribution in [0, 0.1) is 5.82 Å². The number of sulfonamides is 1. The van der Waals surface area contributed by atoms with Crippen LogP contribution in [-0.2, 0) is 14.8 Å². The summed E-state index contributed by atoms with van der Waals surface area (Å²) in [5.74, 6) is -2.10. The first-order chi connectivity index (χ1) is 9.77. The molecule has 0 spiro atoms. The molecule has 0 saturated carbocycles. The molecule has 0 saturated heterocycles. The second kappa shape index (κ2) is 7.86. The Kier molecular flexibility index (Phi) is 6.76. The number of ether oxygens (including phenoxy) is 1. The first-order valence-corrected chi connectivity index (χ1v) is 8.80. The zero-order valence-corrected chi connectivity index (χ0v) is 14.0. The Morgan fingerprint density at radius 2 is 2.00 bits per heavy atom. The van der Waals surface area contributed by atoms with Crippen LogP contribution in [0.1, 0.15) is 43.0 Å². The number of primary sulfonamides is 1. The number of nitrogens with two attached hydrogens (primary N) is 1. The van der Waals surface area contributed by atoms with E-state index in [1.165, 1.54) is 6.07 Å². The summed E-state index contributed by atoms with van der Waals surface area (Å²) in [5.41, 5.74) is -0.455. The van der Waals surface area contributed by atoms with Crippen molar-refractivity contribution in [1.82, 2.24) is 0 Å². The van der Waals surface area contributed by atoms with Crippen LogP contribution in [0.25, 0.3) is 0 Å². The molecule has 5 nitrogen and oxygen atoms in total. The van der Waals surface area contributed by atoms with E-state index in [9.17, 15) is 17.6 Å². The average molecular weight is 382 g/mol. The van der Waals surface area contributed by atoms with Gasteiger partial charge in [0.25, 0.3) is 0 Å². The van der Waals surface area contributed by atoms with Crippen molar-refractivity contribution in [1.29, 1.82) is 0 Å². The molecule has 1 rings (SSSR count). The lowest BCUT2D eigenvalue weighted by atomic mass is 10.2. The van der Waals surface area contributed by atoms with Gasteiger partial charge in [0.15, 0.2) is 5.82 Å². The number of hydrogen-bond acceptors (Lipinski definition) is 4. The molecule has 118 valence electrons. The Bertz CT molecular complexity index is 619. The van der Waals surface area contributed by atoms with E-state index < -0.39 is 32.3 Å². The summed E-state index contributed by atoms with van der Waals surface area (Å²) in [7, 11) is -4.26. The number of unbranched alkanes of at least 4 members (excludes halogenated alkanes) is 3. The Balaban J connectivity index is 2.88. The molecule has 0 heterocycles. The van der Waals surface area contributed by atoms with E-state index in [0.29, 0.717) is 6.42 Å². The van der Waals surface area contributed by atoms with Crippen LogP contribution in [-0.4, -0.2) is 21.0 Å². The van der Waals surface area contributed by atoms with Crippen LogP contribution in [0.15, 0.2) is 21.5 Å². The fraction of sp³-hybridized carbons (Fsp3) is 0.462. The topological polar surface area (TPSA) is 86.5 Å². The molecule has 8 heteroatoms. The lowest BCUT2D eigenvalue weighted by Crippen LogP contribution is -2.17. The fourth-order valence-corrected chi connectivity index (χ4v) is 2.95. The highest BCUT2D eigenvalue weighted by molar-refractivity contribution is 9.10. The van der Waals surface area contributed by atoms with E-state index in [2.05, 4.69) is 22.9 Å². The summed E-state index contributed by atoms with van der Waals surface area (Å²) in [4.78, 5) is 11.1. The highest BCUT2D eigenvalue weighted by atomic mass is 79.9. The van der Waals surface area contributed by atoms with Crippen LogP contribution < -0.4 is 5.14 Å². The molecule has 0 aliphatic carbocycles. The highest BCUT2D eigenvalue weighted by Crippen LogP contribution is 2.24. The lowest BCUT2D eigenvalue weighted by molar-refractivity contribution is 0.0491. The quantitative estimate of drug-likeness (QED) is 0.580. The van der Waals surface area contributed by atoms with Crippen LogP contribution in [0.4, 0.5) is 4.39 Å². The van der Waals surface area contributed by atoms with Gasteiger partial charge in [-0.2, -0.15) is 0 Å². The molecule has 2 N–H and O–H groups in total. The monoisotopic (exact) mass is 381 g/mol. The van der Waals surface area contributed by atoms with Gasteiger partial charge in [-0.15, -0.1) is 0 Å². The van der Waals surface area contributed by atoms with Crippen molar-refractivity contribution in [3.8, 4) is 0 Å². The molecule has 0 aliphatic rings. The molecule has 0 amide bonds. The molecular formula is C13H17BrFNO4S. The molecule has 0 aromatic heterocycles. The fourth-order valence-electron chi connectivity index (χ4n) is 1.69. The number of esters is 1. The van der Waals surface area contributed by atoms with Gasteiger partial charge in [-0.25, -0.2) is 22.7 Å². The largest absolute Gasteiger partial charge is 0.462 e. The Morgan fingerprint density at radius 1 is 1.33 bits per heavy atom. The van der Waals surface area contributed by atoms with Gasteiger partial charge in [-0.05, 0) is 18.6 Å². The number of halogens is 2. The zero-order valence-electron chi connectivity index (χ0n) is 11.6. The van der Waals surface area contributed by atoms with Crippen molar-refractivity contribution in [2.75, 3.05) is 6.61 Å². The maximum Gasteiger partial charge on any atom is 0.341 e. The SMILES string of the molecule is CCCCCCOC(=O)c1cc(Br)cc(S(N)(=O)=O)c1F. The first kappa shape index (κ1) is 18.1. The second-order valence-corrected chi connectivity index (χ2v) is 6.95. The number of benzene rings is 1. The summed E-state index contributed by atoms with van der Waals surface area (Å²) in [5, 5.41) is 4.91. The van der Waals surface area contributed by atoms with Crippen molar-refractivity contribution < 1.29 is 22.3 Å². The second-order valence-electron chi connectivity index (χ2n) is 4.51. The minimum Gasteiger partial charge on any atom is -0.462 e. The number of carbonyl (C=O) groups excluding carboxylic acids is 1. The Labute approximate surface area is 131 Å². The maximum absolute atomic E-state index is 14.0. The smallest absolute Gasteiger partial charge is 0.341 e. The molecule has 1 aromatic rings. The van der Waals surface area contributed by atoms with Gasteiger partial charge in [0.2, 0.25) is 10.0 Å². The highest BCUT2D eigenvalue weighted by Gasteiger charge is 2.23. The van der Waals surface area contributed by atoms with Gasteiger partial charge in [0.1, 0.15) is 4.90 Å². The van der Waals surface area contributed by atoms with Crippen molar-refractivity contribution in [2.24, 2.45) is 5.14 Å². The van der Waals surface area contributed by atoms with Gasteiger partial charge in [-0.3, -0.25) is 0 Å². The zero-order chi connectivity index (χ0) is 16.0. The standard InChI is InChI=1S/C13H17BrFNO4S/c1-2-3-4-5-6-20-13(17)10-7-9(14)8-11(12(10)15)21(16,18)19/h7-8H,2-6H2,1H3,(H2,16,18,19). The van der Waals surface area contributed by atoms with Crippen LogP contribution >= 0.6 is 15.9 Å². The summed E-state index contributed by atoms with van der Waals surface area (Å²) < 4.78 is 41.8. The summed E-state index contributed by atoms with van der Waals surface area (Å²) in [6.45, 7) is 2.22. The average Bonchev–Trinajstić information content (AvgIpc) is 2.39. The molecular weight excluding hydrogens is 365 g/mol. The number of hydrogen-bond donors (Lipinski definition) is 1. The minimum atomic E-state index is -4.26.